The Hall–Kier alpha value is -1.00. The molecule has 0 bridgehead atoms. The normalized spacial score (nSPS) is 17.7. The van der Waals surface area contributed by atoms with E-state index < -0.39 is 0 Å². The molecule has 1 aliphatic rings. The summed E-state index contributed by atoms with van der Waals surface area (Å²) in [6.45, 7) is 2.13. The zero-order valence-electron chi connectivity index (χ0n) is 11.0. The van der Waals surface area contributed by atoms with E-state index in [1.165, 1.54) is 0 Å². The average molecular weight is 264 g/mol. The van der Waals surface area contributed by atoms with E-state index in [2.05, 4.69) is 24.6 Å². The minimum Gasteiger partial charge on any atom is -0.339 e. The number of carbonyl (C=O) groups is 1. The van der Waals surface area contributed by atoms with Crippen LogP contribution >= 0.6 is 12.6 Å². The number of benzene rings is 1. The molecule has 4 heteroatoms. The summed E-state index contributed by atoms with van der Waals surface area (Å²) < 4.78 is 0. The molecule has 0 radical (unpaired) electrons. The Balaban J connectivity index is 2.02. The molecule has 98 valence electrons. The topological polar surface area (TPSA) is 23.6 Å². The Labute approximate surface area is 114 Å². The van der Waals surface area contributed by atoms with Gasteiger partial charge in [0.05, 0.1) is 0 Å². The van der Waals surface area contributed by atoms with E-state index in [4.69, 9.17) is 0 Å². The second kappa shape index (κ2) is 5.76. The smallest absolute Gasteiger partial charge is 0.253 e. The maximum atomic E-state index is 12.3. The number of carbonyl (C=O) groups excluding carboxylic acids is 1. The van der Waals surface area contributed by atoms with E-state index in [0.717, 1.165) is 36.4 Å². The molecule has 1 saturated heterocycles. The van der Waals surface area contributed by atoms with Crippen LogP contribution in [-0.4, -0.2) is 48.9 Å². The minimum atomic E-state index is 0.109. The number of amides is 1. The van der Waals surface area contributed by atoms with Gasteiger partial charge in [-0.3, -0.25) is 4.79 Å². The summed E-state index contributed by atoms with van der Waals surface area (Å²) in [5, 5.41) is 0. The number of thiol groups is 1. The lowest BCUT2D eigenvalue weighted by molar-refractivity contribution is 0.0659. The lowest BCUT2D eigenvalue weighted by Crippen LogP contribution is -2.44. The molecule has 0 aromatic heterocycles. The molecule has 1 amide bonds. The van der Waals surface area contributed by atoms with E-state index in [-0.39, 0.29) is 5.91 Å². The molecule has 1 heterocycles. The van der Waals surface area contributed by atoms with Crippen molar-refractivity contribution >= 4 is 18.5 Å². The second-order valence-corrected chi connectivity index (χ2v) is 5.51. The van der Waals surface area contributed by atoms with E-state index in [9.17, 15) is 4.79 Å². The number of hydrogen-bond donors (Lipinski definition) is 1. The molecule has 1 fully saturated rings. The molecule has 18 heavy (non-hydrogen) atoms. The summed E-state index contributed by atoms with van der Waals surface area (Å²) in [5.41, 5.74) is 0.745. The van der Waals surface area contributed by atoms with Crippen LogP contribution in [0.2, 0.25) is 0 Å². The summed E-state index contributed by atoms with van der Waals surface area (Å²) in [5.74, 6) is 0.109. The predicted molar refractivity (Wildman–Crippen MR) is 76.3 cm³/mol. The Kier molecular flexibility index (Phi) is 4.30. The molecule has 1 aromatic rings. The van der Waals surface area contributed by atoms with Gasteiger partial charge in [0.2, 0.25) is 0 Å². The van der Waals surface area contributed by atoms with Crippen LogP contribution in [0.5, 0.6) is 0 Å². The van der Waals surface area contributed by atoms with Crippen molar-refractivity contribution in [2.45, 2.75) is 23.8 Å². The number of hydrogen-bond acceptors (Lipinski definition) is 3. The Morgan fingerprint density at radius 2 is 1.83 bits per heavy atom. The first-order chi connectivity index (χ1) is 8.58. The van der Waals surface area contributed by atoms with Crippen molar-refractivity contribution in [3.8, 4) is 0 Å². The Morgan fingerprint density at radius 1 is 1.28 bits per heavy atom. The molecule has 1 aromatic carbocycles. The zero-order valence-corrected chi connectivity index (χ0v) is 11.9. The SMILES string of the molecule is CN1CCC(N(C)C(=O)c2ccc(S)cc2)CC1. The van der Waals surface area contributed by atoms with Crippen LogP contribution < -0.4 is 0 Å². The molecule has 0 N–H and O–H groups in total. The highest BCUT2D eigenvalue weighted by atomic mass is 32.1. The van der Waals surface area contributed by atoms with Crippen LogP contribution in [0.25, 0.3) is 0 Å². The lowest BCUT2D eigenvalue weighted by Gasteiger charge is -2.35. The lowest BCUT2D eigenvalue weighted by atomic mass is 10.0. The third-order valence-electron chi connectivity index (χ3n) is 3.67. The van der Waals surface area contributed by atoms with Crippen LogP contribution in [-0.2, 0) is 0 Å². The summed E-state index contributed by atoms with van der Waals surface area (Å²) >= 11 is 4.23. The van der Waals surface area contributed by atoms with Gasteiger partial charge in [-0.2, -0.15) is 0 Å². The van der Waals surface area contributed by atoms with Crippen molar-refractivity contribution < 1.29 is 4.79 Å². The Bertz CT molecular complexity index is 410. The van der Waals surface area contributed by atoms with Crippen LogP contribution in [0, 0.1) is 0 Å². The van der Waals surface area contributed by atoms with Gasteiger partial charge in [-0.15, -0.1) is 12.6 Å². The monoisotopic (exact) mass is 264 g/mol. The van der Waals surface area contributed by atoms with Gasteiger partial charge in [0.1, 0.15) is 0 Å². The number of nitrogens with zero attached hydrogens (tertiary/aromatic N) is 2. The van der Waals surface area contributed by atoms with Crippen molar-refractivity contribution in [1.82, 2.24) is 9.80 Å². The van der Waals surface area contributed by atoms with Crippen molar-refractivity contribution in [3.05, 3.63) is 29.8 Å². The van der Waals surface area contributed by atoms with E-state index in [0.29, 0.717) is 6.04 Å². The first kappa shape index (κ1) is 13.4. The summed E-state index contributed by atoms with van der Waals surface area (Å²) in [6.07, 6.45) is 2.12. The van der Waals surface area contributed by atoms with Crippen LogP contribution in [0.4, 0.5) is 0 Å². The fraction of sp³-hybridized carbons (Fsp3) is 0.500. The highest BCUT2D eigenvalue weighted by molar-refractivity contribution is 7.80. The summed E-state index contributed by atoms with van der Waals surface area (Å²) in [4.78, 5) is 17.4. The maximum absolute atomic E-state index is 12.3. The van der Waals surface area contributed by atoms with Gasteiger partial charge < -0.3 is 9.80 Å². The first-order valence-corrected chi connectivity index (χ1v) is 6.77. The largest absolute Gasteiger partial charge is 0.339 e. The van der Waals surface area contributed by atoms with Gasteiger partial charge in [-0.05, 0) is 57.2 Å². The van der Waals surface area contributed by atoms with Gasteiger partial charge >= 0.3 is 0 Å². The average Bonchev–Trinajstić information content (AvgIpc) is 2.39. The molecule has 0 spiro atoms. The summed E-state index contributed by atoms with van der Waals surface area (Å²) in [6, 6.07) is 7.77. The maximum Gasteiger partial charge on any atom is 0.253 e. The molecular weight excluding hydrogens is 244 g/mol. The molecule has 0 unspecified atom stereocenters. The van der Waals surface area contributed by atoms with Crippen LogP contribution in [0.3, 0.4) is 0 Å². The fourth-order valence-corrected chi connectivity index (χ4v) is 2.50. The van der Waals surface area contributed by atoms with E-state index in [1.807, 2.05) is 36.2 Å². The zero-order chi connectivity index (χ0) is 13.1. The van der Waals surface area contributed by atoms with E-state index >= 15 is 0 Å². The quantitative estimate of drug-likeness (QED) is 0.827. The molecular formula is C14H20N2OS. The van der Waals surface area contributed by atoms with Crippen molar-refractivity contribution in [2.75, 3.05) is 27.2 Å². The van der Waals surface area contributed by atoms with Gasteiger partial charge in [-0.1, -0.05) is 0 Å². The predicted octanol–water partition coefficient (Wildman–Crippen LogP) is 2.14. The van der Waals surface area contributed by atoms with Gasteiger partial charge in [0.25, 0.3) is 5.91 Å². The van der Waals surface area contributed by atoms with Gasteiger partial charge in [0, 0.05) is 23.5 Å². The molecule has 1 aliphatic heterocycles. The Morgan fingerprint density at radius 3 is 2.39 bits per heavy atom. The highest BCUT2D eigenvalue weighted by Gasteiger charge is 2.24. The molecule has 3 nitrogen and oxygen atoms in total. The van der Waals surface area contributed by atoms with E-state index in [1.54, 1.807) is 0 Å². The van der Waals surface area contributed by atoms with Crippen molar-refractivity contribution in [3.63, 3.8) is 0 Å². The third-order valence-corrected chi connectivity index (χ3v) is 3.97. The molecule has 0 atom stereocenters. The standard InChI is InChI=1S/C14H20N2OS/c1-15-9-7-12(8-10-15)16(2)14(17)11-3-5-13(18)6-4-11/h3-6,12,18H,7-10H2,1-2H3. The highest BCUT2D eigenvalue weighted by Crippen LogP contribution is 2.17. The number of likely N-dealkylation sites (tertiary alicyclic amines) is 1. The van der Waals surface area contributed by atoms with Gasteiger partial charge in [0.15, 0.2) is 0 Å². The molecule has 2 rings (SSSR count). The number of rotatable bonds is 2. The van der Waals surface area contributed by atoms with Crippen LogP contribution in [0.1, 0.15) is 23.2 Å². The fourth-order valence-electron chi connectivity index (χ4n) is 2.36. The van der Waals surface area contributed by atoms with Crippen molar-refractivity contribution in [2.24, 2.45) is 0 Å². The third kappa shape index (κ3) is 3.06. The van der Waals surface area contributed by atoms with Crippen LogP contribution in [0.15, 0.2) is 29.2 Å². The van der Waals surface area contributed by atoms with Crippen molar-refractivity contribution in [1.29, 1.82) is 0 Å². The summed E-state index contributed by atoms with van der Waals surface area (Å²) in [7, 11) is 4.04. The molecule has 0 saturated carbocycles. The molecule has 0 aliphatic carbocycles. The second-order valence-electron chi connectivity index (χ2n) is 5.00. The first-order valence-electron chi connectivity index (χ1n) is 6.32. The van der Waals surface area contributed by atoms with Gasteiger partial charge in [-0.25, -0.2) is 0 Å². The number of piperidine rings is 1. The minimum absolute atomic E-state index is 0.109.